The van der Waals surface area contributed by atoms with E-state index in [0.29, 0.717) is 25.4 Å². The van der Waals surface area contributed by atoms with Crippen molar-refractivity contribution in [2.24, 2.45) is 11.8 Å². The molecule has 2 aromatic rings. The summed E-state index contributed by atoms with van der Waals surface area (Å²) in [5.41, 5.74) is 2.49. The minimum atomic E-state index is -0.691. The second-order valence-corrected chi connectivity index (χ2v) is 8.36. The molecule has 3 radical (unpaired) electrons. The Morgan fingerprint density at radius 1 is 1.04 bits per heavy atom. The molecule has 0 saturated carbocycles. The number of aliphatic carboxylic acids is 1. The van der Waals surface area contributed by atoms with Crippen LogP contribution in [0.15, 0.2) is 33.7 Å². The maximum Gasteiger partial charge on any atom is 0.306 e. The fourth-order valence-corrected chi connectivity index (χ4v) is 3.54. The predicted molar refractivity (Wildman–Crippen MR) is 130 cm³/mol. The molecule has 0 aromatic carbocycles. The molecule has 0 aliphatic heterocycles. The van der Waals surface area contributed by atoms with E-state index in [9.17, 15) is 4.79 Å². The van der Waals surface area contributed by atoms with Gasteiger partial charge in [-0.05, 0) is 82.5 Å². The van der Waals surface area contributed by atoms with Crippen molar-refractivity contribution in [3.63, 3.8) is 0 Å². The molecule has 0 saturated heterocycles. The van der Waals surface area contributed by atoms with E-state index in [-0.39, 0.29) is 21.8 Å². The Morgan fingerprint density at radius 3 is 1.79 bits per heavy atom. The van der Waals surface area contributed by atoms with Crippen molar-refractivity contribution in [2.75, 3.05) is 19.1 Å². The van der Waals surface area contributed by atoms with E-state index in [4.69, 9.17) is 10.2 Å². The standard InChI is InChI=1S/C9H12O2S.C9H14OS.C2H6S.CH4.B/c1-2-8(9(10)11)5-7-3-4-12-6-7;1-2-8(6-10)5-9-3-4-11-7-9;1-3-2;;/h3-4,6,8H,2,5H2,1H3,(H,10,11);3-4,7-8,10H,2,5-6H2,1H3;1-2H3;1H4;. The number of rotatable bonds is 8. The van der Waals surface area contributed by atoms with Crippen LogP contribution >= 0.6 is 34.4 Å². The van der Waals surface area contributed by atoms with Crippen LogP contribution in [-0.4, -0.2) is 43.7 Å². The highest BCUT2D eigenvalue weighted by Crippen LogP contribution is 2.15. The number of carbonyl (C=O) groups is 1. The molecule has 0 spiro atoms. The van der Waals surface area contributed by atoms with Gasteiger partial charge >= 0.3 is 5.97 Å². The maximum atomic E-state index is 10.7. The van der Waals surface area contributed by atoms with E-state index in [1.54, 1.807) is 34.4 Å². The van der Waals surface area contributed by atoms with Crippen LogP contribution in [0.1, 0.15) is 45.2 Å². The molecule has 3 nitrogen and oxygen atoms in total. The van der Waals surface area contributed by atoms with E-state index >= 15 is 0 Å². The third-order valence-corrected chi connectivity index (χ3v) is 5.31. The molecule has 0 aliphatic rings. The van der Waals surface area contributed by atoms with Crippen molar-refractivity contribution in [3.8, 4) is 0 Å². The topological polar surface area (TPSA) is 57.5 Å². The third-order valence-electron chi connectivity index (χ3n) is 3.84. The molecule has 159 valence electrons. The number of carboxylic acid groups (broad SMARTS) is 1. The maximum absolute atomic E-state index is 10.7. The van der Waals surface area contributed by atoms with Gasteiger partial charge in [0.25, 0.3) is 0 Å². The van der Waals surface area contributed by atoms with E-state index < -0.39 is 5.97 Å². The van der Waals surface area contributed by atoms with E-state index in [2.05, 4.69) is 23.8 Å². The predicted octanol–water partition coefficient (Wildman–Crippen LogP) is 5.95. The van der Waals surface area contributed by atoms with Gasteiger partial charge in [-0.2, -0.15) is 34.4 Å². The summed E-state index contributed by atoms with van der Waals surface area (Å²) >= 11 is 5.08. The number of aliphatic hydroxyl groups excluding tert-OH is 1. The number of carboxylic acids is 1. The number of thioether (sulfide) groups is 1. The molecule has 2 rings (SSSR count). The first-order chi connectivity index (χ1) is 12.5. The van der Waals surface area contributed by atoms with Crippen LogP contribution in [0.2, 0.25) is 0 Å². The second kappa shape index (κ2) is 21.0. The molecule has 2 atom stereocenters. The largest absolute Gasteiger partial charge is 0.481 e. The average molecular weight is 444 g/mol. The molecular formula is C21H36BO3S3. The van der Waals surface area contributed by atoms with Gasteiger partial charge in [0.05, 0.1) is 5.92 Å². The van der Waals surface area contributed by atoms with Crippen molar-refractivity contribution in [1.29, 1.82) is 0 Å². The van der Waals surface area contributed by atoms with E-state index in [0.717, 1.165) is 18.4 Å². The fourth-order valence-electron chi connectivity index (χ4n) is 2.18. The number of hydrogen-bond acceptors (Lipinski definition) is 5. The zero-order chi connectivity index (χ0) is 19.8. The first kappa shape index (κ1) is 31.9. The van der Waals surface area contributed by atoms with Gasteiger partial charge in [0.2, 0.25) is 0 Å². The minimum Gasteiger partial charge on any atom is -0.481 e. The normalized spacial score (nSPS) is 11.3. The number of thiophene rings is 2. The Labute approximate surface area is 186 Å². The summed E-state index contributed by atoms with van der Waals surface area (Å²) in [4.78, 5) is 10.7. The Balaban J connectivity index is -0.000000369. The van der Waals surface area contributed by atoms with Crippen LogP contribution in [-0.2, 0) is 17.6 Å². The lowest BCUT2D eigenvalue weighted by Gasteiger charge is -2.08. The first-order valence-electron chi connectivity index (χ1n) is 8.78. The first-order valence-corrected chi connectivity index (χ1v) is 12.3. The van der Waals surface area contributed by atoms with Crippen LogP contribution in [0.3, 0.4) is 0 Å². The zero-order valence-electron chi connectivity index (χ0n) is 16.8. The van der Waals surface area contributed by atoms with Crippen LogP contribution in [0, 0.1) is 11.8 Å². The van der Waals surface area contributed by atoms with Crippen molar-refractivity contribution >= 4 is 48.8 Å². The summed E-state index contributed by atoms with van der Waals surface area (Å²) in [6.45, 7) is 4.34. The molecule has 0 fully saturated rings. The summed E-state index contributed by atoms with van der Waals surface area (Å²) in [6.07, 6.45) is 7.53. The second-order valence-electron chi connectivity index (χ2n) is 5.98. The zero-order valence-corrected chi connectivity index (χ0v) is 19.2. The SMILES string of the molecule is C.CCC(CO)Cc1ccsc1.CCC(Cc1ccsc1)C(=O)O.CSC.[B]. The summed E-state index contributed by atoms with van der Waals surface area (Å²) in [6, 6.07) is 4.11. The molecular weight excluding hydrogens is 407 g/mol. The molecule has 28 heavy (non-hydrogen) atoms. The van der Waals surface area contributed by atoms with Gasteiger partial charge in [0, 0.05) is 15.0 Å². The Bertz CT molecular complexity index is 541. The van der Waals surface area contributed by atoms with Gasteiger partial charge in [-0.1, -0.05) is 27.7 Å². The van der Waals surface area contributed by atoms with Gasteiger partial charge in [0.15, 0.2) is 0 Å². The van der Waals surface area contributed by atoms with Gasteiger partial charge < -0.3 is 10.2 Å². The number of hydrogen-bond donors (Lipinski definition) is 2. The monoisotopic (exact) mass is 443 g/mol. The van der Waals surface area contributed by atoms with Crippen molar-refractivity contribution < 1.29 is 15.0 Å². The Kier molecular flexibility index (Phi) is 23.9. The molecule has 2 unspecified atom stereocenters. The summed E-state index contributed by atoms with van der Waals surface area (Å²) in [5.74, 6) is -0.465. The minimum absolute atomic E-state index is 0. The molecule has 0 amide bonds. The smallest absolute Gasteiger partial charge is 0.306 e. The highest BCUT2D eigenvalue weighted by molar-refractivity contribution is 7.97. The fraction of sp³-hybridized carbons (Fsp3) is 0.571. The van der Waals surface area contributed by atoms with Gasteiger partial charge in [0.1, 0.15) is 0 Å². The molecule has 2 N–H and O–H groups in total. The Hall–Kier alpha value is -0.755. The quantitative estimate of drug-likeness (QED) is 0.496. The van der Waals surface area contributed by atoms with Gasteiger partial charge in [-0.25, -0.2) is 0 Å². The van der Waals surface area contributed by atoms with Crippen LogP contribution in [0.25, 0.3) is 0 Å². The molecule has 0 bridgehead atoms. The summed E-state index contributed by atoms with van der Waals surface area (Å²) in [5, 5.41) is 25.9. The lowest BCUT2D eigenvalue weighted by Crippen LogP contribution is -2.14. The van der Waals surface area contributed by atoms with Crippen LogP contribution in [0.4, 0.5) is 0 Å². The molecule has 0 aliphatic carbocycles. The van der Waals surface area contributed by atoms with Crippen molar-refractivity contribution in [2.45, 2.75) is 47.0 Å². The van der Waals surface area contributed by atoms with Crippen LogP contribution < -0.4 is 0 Å². The molecule has 2 heterocycles. The summed E-state index contributed by atoms with van der Waals surface area (Å²) in [7, 11) is 0. The van der Waals surface area contributed by atoms with Crippen molar-refractivity contribution in [3.05, 3.63) is 44.8 Å². The highest BCUT2D eigenvalue weighted by Gasteiger charge is 2.15. The van der Waals surface area contributed by atoms with Crippen LogP contribution in [0.5, 0.6) is 0 Å². The van der Waals surface area contributed by atoms with E-state index in [1.165, 1.54) is 5.56 Å². The van der Waals surface area contributed by atoms with E-state index in [1.807, 2.05) is 36.3 Å². The summed E-state index contributed by atoms with van der Waals surface area (Å²) < 4.78 is 0. The molecule has 7 heteroatoms. The third kappa shape index (κ3) is 15.2. The Morgan fingerprint density at radius 2 is 1.50 bits per heavy atom. The lowest BCUT2D eigenvalue weighted by atomic mass is 9.99. The van der Waals surface area contributed by atoms with Gasteiger partial charge in [-0.3, -0.25) is 4.79 Å². The lowest BCUT2D eigenvalue weighted by molar-refractivity contribution is -0.141. The van der Waals surface area contributed by atoms with Gasteiger partial charge in [-0.15, -0.1) is 0 Å². The number of aliphatic hydroxyl groups is 1. The average Bonchev–Trinajstić information content (AvgIpc) is 3.32. The highest BCUT2D eigenvalue weighted by atomic mass is 32.2. The molecule has 2 aromatic heterocycles. The van der Waals surface area contributed by atoms with Crippen molar-refractivity contribution in [1.82, 2.24) is 0 Å².